The van der Waals surface area contributed by atoms with Crippen LogP contribution in [0.5, 0.6) is 0 Å². The van der Waals surface area contributed by atoms with Gasteiger partial charge >= 0.3 is 0 Å². The van der Waals surface area contributed by atoms with Crippen LogP contribution in [0.3, 0.4) is 0 Å². The number of halogens is 1. The highest BCUT2D eigenvalue weighted by Gasteiger charge is 2.17. The molecular formula is C15H11ClN2OS. The zero-order valence-electron chi connectivity index (χ0n) is 10.4. The van der Waals surface area contributed by atoms with E-state index in [-0.39, 0.29) is 5.29 Å². The van der Waals surface area contributed by atoms with Crippen molar-refractivity contribution in [2.45, 2.75) is 4.90 Å². The van der Waals surface area contributed by atoms with Gasteiger partial charge in [-0.3, -0.25) is 0 Å². The number of hydrogen-bond donors (Lipinski definition) is 0. The lowest BCUT2D eigenvalue weighted by Gasteiger charge is -2.12. The second-order valence-corrected chi connectivity index (χ2v) is 6.59. The van der Waals surface area contributed by atoms with Gasteiger partial charge in [0, 0.05) is 11.0 Å². The summed E-state index contributed by atoms with van der Waals surface area (Å²) >= 11 is 5.96. The molecule has 1 aliphatic heterocycles. The normalized spacial score (nSPS) is 21.6. The molecule has 0 N–H and O–H groups in total. The van der Waals surface area contributed by atoms with E-state index >= 15 is 0 Å². The van der Waals surface area contributed by atoms with Crippen LogP contribution in [0.4, 0.5) is 0 Å². The molecule has 20 heavy (non-hydrogen) atoms. The van der Waals surface area contributed by atoms with E-state index in [9.17, 15) is 4.21 Å². The van der Waals surface area contributed by atoms with E-state index in [1.54, 1.807) is 17.5 Å². The highest BCUT2D eigenvalue weighted by Crippen LogP contribution is 2.27. The topological polar surface area (TPSA) is 41.8 Å². The molecule has 0 amide bonds. The average Bonchev–Trinajstić information content (AvgIpc) is 2.48. The predicted octanol–water partition coefficient (Wildman–Crippen LogP) is 4.12. The van der Waals surface area contributed by atoms with Crippen LogP contribution < -0.4 is 0 Å². The fourth-order valence-electron chi connectivity index (χ4n) is 1.91. The first-order chi connectivity index (χ1) is 9.67. The van der Waals surface area contributed by atoms with Gasteiger partial charge in [-0.1, -0.05) is 48.5 Å². The summed E-state index contributed by atoms with van der Waals surface area (Å²) in [6.07, 6.45) is 0. The Kier molecular flexibility index (Phi) is 3.42. The summed E-state index contributed by atoms with van der Waals surface area (Å²) in [5, 5.41) is 1.60. The van der Waals surface area contributed by atoms with Crippen LogP contribution in [0.1, 0.15) is 5.56 Å². The second kappa shape index (κ2) is 5.23. The van der Waals surface area contributed by atoms with Crippen molar-refractivity contribution in [1.82, 2.24) is 0 Å². The van der Waals surface area contributed by atoms with E-state index in [0.717, 1.165) is 5.56 Å². The van der Waals surface area contributed by atoms with Crippen LogP contribution in [-0.4, -0.2) is 9.50 Å². The summed E-state index contributed by atoms with van der Waals surface area (Å²) in [6.45, 7) is 0. The van der Waals surface area contributed by atoms with Crippen molar-refractivity contribution in [2.24, 2.45) is 9.36 Å². The Bertz CT molecular complexity index is 804. The first-order valence-electron chi connectivity index (χ1n) is 6.01. The Labute approximate surface area is 122 Å². The molecular weight excluding hydrogens is 292 g/mol. The van der Waals surface area contributed by atoms with Gasteiger partial charge in [0.2, 0.25) is 5.29 Å². The maximum Gasteiger partial charge on any atom is 0.231 e. The zero-order valence-corrected chi connectivity index (χ0v) is 12.0. The van der Waals surface area contributed by atoms with Gasteiger partial charge in [0.05, 0.1) is 10.6 Å². The van der Waals surface area contributed by atoms with Crippen molar-refractivity contribution in [2.75, 3.05) is 0 Å². The van der Waals surface area contributed by atoms with Crippen molar-refractivity contribution < 1.29 is 4.21 Å². The fourth-order valence-corrected chi connectivity index (χ4v) is 3.91. The van der Waals surface area contributed by atoms with Crippen molar-refractivity contribution in [3.8, 4) is 0 Å². The Morgan fingerprint density at radius 2 is 1.50 bits per heavy atom. The first kappa shape index (κ1) is 13.1. The molecule has 1 heterocycles. The number of hydrogen-bond acceptors (Lipinski definition) is 3. The van der Waals surface area contributed by atoms with Crippen molar-refractivity contribution in [3.05, 3.63) is 71.6 Å². The average molecular weight is 303 g/mol. The van der Waals surface area contributed by atoms with E-state index in [1.165, 1.54) is 0 Å². The van der Waals surface area contributed by atoms with Gasteiger partial charge in [0.1, 0.15) is 9.73 Å². The van der Waals surface area contributed by atoms with Gasteiger partial charge in [-0.2, -0.15) is 4.36 Å². The molecule has 1 atom stereocenters. The molecule has 0 aromatic heterocycles. The molecule has 100 valence electrons. The van der Waals surface area contributed by atoms with Gasteiger partial charge in [-0.05, 0) is 23.7 Å². The third-order valence-corrected chi connectivity index (χ3v) is 5.05. The molecule has 0 radical (unpaired) electrons. The Morgan fingerprint density at radius 1 is 0.900 bits per heavy atom. The van der Waals surface area contributed by atoms with E-state index in [2.05, 4.69) is 9.36 Å². The van der Waals surface area contributed by atoms with Crippen molar-refractivity contribution in [1.29, 1.82) is 0 Å². The molecule has 1 unspecified atom stereocenters. The molecule has 0 saturated heterocycles. The molecule has 1 aliphatic rings. The van der Waals surface area contributed by atoms with Gasteiger partial charge in [-0.25, -0.2) is 9.20 Å². The molecule has 2 aromatic carbocycles. The first-order valence-corrected chi connectivity index (χ1v) is 7.97. The number of nitrogens with zero attached hydrogens (tertiary/aromatic N) is 2. The van der Waals surface area contributed by atoms with Gasteiger partial charge in [0.25, 0.3) is 0 Å². The smallest absolute Gasteiger partial charge is 0.231 e. The predicted molar refractivity (Wildman–Crippen MR) is 83.0 cm³/mol. The summed E-state index contributed by atoms with van der Waals surface area (Å²) in [6, 6.07) is 18.6. The number of rotatable bonds is 2. The maximum atomic E-state index is 13.0. The minimum Gasteiger partial charge on any atom is -0.240 e. The van der Waals surface area contributed by atoms with Crippen molar-refractivity contribution in [3.63, 3.8) is 0 Å². The Hall–Kier alpha value is -1.91. The summed E-state index contributed by atoms with van der Waals surface area (Å²) in [5.74, 6) is 0. The largest absolute Gasteiger partial charge is 0.240 e. The Morgan fingerprint density at radius 3 is 2.15 bits per heavy atom. The SMILES string of the molecule is O=S1(c2ccccc2)=NC(Cl)=NC(c2ccccc2)=C1. The molecule has 0 spiro atoms. The summed E-state index contributed by atoms with van der Waals surface area (Å²) in [5.41, 5.74) is 1.45. The van der Waals surface area contributed by atoms with Crippen LogP contribution >= 0.6 is 11.6 Å². The highest BCUT2D eigenvalue weighted by molar-refractivity contribution is 7.97. The van der Waals surface area contributed by atoms with Gasteiger partial charge in [-0.15, -0.1) is 0 Å². The van der Waals surface area contributed by atoms with E-state index < -0.39 is 9.73 Å². The Balaban J connectivity index is 2.18. The molecule has 0 fully saturated rings. The second-order valence-electron chi connectivity index (χ2n) is 4.22. The molecule has 0 saturated carbocycles. The monoisotopic (exact) mass is 302 g/mol. The molecule has 2 aromatic rings. The van der Waals surface area contributed by atoms with Crippen LogP contribution in [0.2, 0.25) is 0 Å². The minimum absolute atomic E-state index is 0.0141. The number of benzene rings is 2. The number of aliphatic imine (C=N–C) groups is 1. The fraction of sp³-hybridized carbons (Fsp3) is 0. The van der Waals surface area contributed by atoms with Crippen LogP contribution in [0, 0.1) is 0 Å². The standard InChI is InChI=1S/C15H11ClN2OS/c16-15-17-14(12-7-3-1-4-8-12)11-20(19,18-15)13-9-5-2-6-10-13/h1-11H. The van der Waals surface area contributed by atoms with Gasteiger partial charge < -0.3 is 0 Å². The van der Waals surface area contributed by atoms with Crippen LogP contribution in [0.15, 0.2) is 80.3 Å². The van der Waals surface area contributed by atoms with E-state index in [0.29, 0.717) is 10.6 Å². The summed E-state index contributed by atoms with van der Waals surface area (Å²) in [4.78, 5) is 4.80. The minimum atomic E-state index is -2.72. The van der Waals surface area contributed by atoms with Crippen LogP contribution in [-0.2, 0) is 9.73 Å². The lowest BCUT2D eigenvalue weighted by atomic mass is 10.2. The number of amidine groups is 1. The molecule has 3 nitrogen and oxygen atoms in total. The van der Waals surface area contributed by atoms with E-state index in [1.807, 2.05) is 48.5 Å². The third kappa shape index (κ3) is 2.53. The van der Waals surface area contributed by atoms with Crippen molar-refractivity contribution >= 4 is 32.3 Å². The van der Waals surface area contributed by atoms with Crippen LogP contribution in [0.25, 0.3) is 5.70 Å². The quantitative estimate of drug-likeness (QED) is 0.769. The zero-order chi connectivity index (χ0) is 14.0. The summed E-state index contributed by atoms with van der Waals surface area (Å²) < 4.78 is 17.0. The third-order valence-electron chi connectivity index (χ3n) is 2.85. The highest BCUT2D eigenvalue weighted by atomic mass is 35.5. The summed E-state index contributed by atoms with van der Waals surface area (Å²) in [7, 11) is -2.72. The maximum absolute atomic E-state index is 13.0. The molecule has 0 bridgehead atoms. The molecule has 0 aliphatic carbocycles. The lowest BCUT2D eigenvalue weighted by Crippen LogP contribution is -2.04. The molecule has 5 heteroatoms. The molecule has 3 rings (SSSR count). The van der Waals surface area contributed by atoms with Gasteiger partial charge in [0.15, 0.2) is 0 Å². The lowest BCUT2D eigenvalue weighted by molar-refractivity contribution is 0.683. The van der Waals surface area contributed by atoms with E-state index in [4.69, 9.17) is 11.6 Å².